The van der Waals surface area contributed by atoms with Crippen LogP contribution in [0.2, 0.25) is 0 Å². The van der Waals surface area contributed by atoms with Gasteiger partial charge in [-0.3, -0.25) is 4.79 Å². The Kier molecular flexibility index (Phi) is 5.27. The number of carbonyl (C=O) groups is 1. The van der Waals surface area contributed by atoms with Gasteiger partial charge < -0.3 is 10.2 Å². The molecule has 0 unspecified atom stereocenters. The normalized spacial score (nSPS) is 13.6. The predicted octanol–water partition coefficient (Wildman–Crippen LogP) is 5.38. The van der Waals surface area contributed by atoms with Gasteiger partial charge in [-0.15, -0.1) is 0 Å². The molecule has 0 aliphatic carbocycles. The van der Waals surface area contributed by atoms with Crippen molar-refractivity contribution in [2.75, 3.05) is 16.8 Å². The first-order chi connectivity index (χ1) is 12.6. The SMILES string of the molecule is Cc1cc2c(c(C)c1NC(=O)CC(C)(C)C)CCN2Cc1ccc(F)cc1. The lowest BCUT2D eigenvalue weighted by atomic mass is 9.91. The Morgan fingerprint density at radius 2 is 1.85 bits per heavy atom. The van der Waals surface area contributed by atoms with Crippen LogP contribution in [0.5, 0.6) is 0 Å². The van der Waals surface area contributed by atoms with Crippen molar-refractivity contribution in [2.45, 2.75) is 54.0 Å². The van der Waals surface area contributed by atoms with E-state index in [1.54, 1.807) is 0 Å². The second kappa shape index (κ2) is 7.34. The Labute approximate surface area is 161 Å². The lowest BCUT2D eigenvalue weighted by molar-refractivity contribution is -0.117. The van der Waals surface area contributed by atoms with Crippen LogP contribution in [-0.2, 0) is 17.8 Å². The highest BCUT2D eigenvalue weighted by atomic mass is 19.1. The van der Waals surface area contributed by atoms with Gasteiger partial charge in [0.05, 0.1) is 0 Å². The lowest BCUT2D eigenvalue weighted by Gasteiger charge is -2.23. The number of nitrogens with zero attached hydrogens (tertiary/aromatic N) is 1. The van der Waals surface area contributed by atoms with E-state index in [9.17, 15) is 9.18 Å². The average Bonchev–Trinajstić information content (AvgIpc) is 2.95. The lowest BCUT2D eigenvalue weighted by Crippen LogP contribution is -2.21. The molecule has 0 spiro atoms. The van der Waals surface area contributed by atoms with Crippen molar-refractivity contribution in [1.82, 2.24) is 0 Å². The summed E-state index contributed by atoms with van der Waals surface area (Å²) >= 11 is 0. The molecule has 0 saturated heterocycles. The third-order valence-corrected chi connectivity index (χ3v) is 5.10. The Balaban J connectivity index is 1.82. The van der Waals surface area contributed by atoms with Crippen molar-refractivity contribution in [2.24, 2.45) is 5.41 Å². The van der Waals surface area contributed by atoms with Gasteiger partial charge in [0.15, 0.2) is 0 Å². The van der Waals surface area contributed by atoms with Gasteiger partial charge in [-0.05, 0) is 66.1 Å². The standard InChI is InChI=1S/C23H29FN2O/c1-15-12-20-19(16(2)22(15)25-21(27)13-23(3,4)5)10-11-26(20)14-17-6-8-18(24)9-7-17/h6-9,12H,10-11,13-14H2,1-5H3,(H,25,27). The summed E-state index contributed by atoms with van der Waals surface area (Å²) in [6.07, 6.45) is 1.46. The first kappa shape index (κ1) is 19.4. The van der Waals surface area contributed by atoms with Crippen molar-refractivity contribution < 1.29 is 9.18 Å². The highest BCUT2D eigenvalue weighted by Gasteiger charge is 2.25. The molecule has 0 bridgehead atoms. The van der Waals surface area contributed by atoms with Crippen LogP contribution in [0, 0.1) is 25.1 Å². The highest BCUT2D eigenvalue weighted by molar-refractivity contribution is 5.93. The second-order valence-corrected chi connectivity index (χ2v) is 8.77. The van der Waals surface area contributed by atoms with Gasteiger partial charge >= 0.3 is 0 Å². The zero-order chi connectivity index (χ0) is 19.8. The van der Waals surface area contributed by atoms with E-state index in [0.29, 0.717) is 6.42 Å². The molecule has 1 aliphatic rings. The first-order valence-electron chi connectivity index (χ1n) is 9.56. The van der Waals surface area contributed by atoms with Crippen molar-refractivity contribution in [3.05, 3.63) is 58.4 Å². The summed E-state index contributed by atoms with van der Waals surface area (Å²) in [5.74, 6) is -0.141. The van der Waals surface area contributed by atoms with E-state index >= 15 is 0 Å². The van der Waals surface area contributed by atoms with Crippen LogP contribution in [0.15, 0.2) is 30.3 Å². The predicted molar refractivity (Wildman–Crippen MR) is 110 cm³/mol. The minimum atomic E-state index is -0.206. The van der Waals surface area contributed by atoms with E-state index in [-0.39, 0.29) is 17.1 Å². The number of carbonyl (C=O) groups excluding carboxylic acids is 1. The number of aryl methyl sites for hydroxylation is 1. The van der Waals surface area contributed by atoms with Crippen LogP contribution in [-0.4, -0.2) is 12.5 Å². The number of halogens is 1. The number of amides is 1. The third kappa shape index (κ3) is 4.49. The zero-order valence-electron chi connectivity index (χ0n) is 16.9. The Morgan fingerprint density at radius 1 is 1.19 bits per heavy atom. The smallest absolute Gasteiger partial charge is 0.224 e. The fourth-order valence-corrected chi connectivity index (χ4v) is 3.80. The third-order valence-electron chi connectivity index (χ3n) is 5.10. The molecule has 0 fully saturated rings. The van der Waals surface area contributed by atoms with E-state index in [0.717, 1.165) is 41.9 Å². The quantitative estimate of drug-likeness (QED) is 0.786. The van der Waals surface area contributed by atoms with Crippen LogP contribution in [0.3, 0.4) is 0 Å². The Bertz CT molecular complexity index is 850. The number of nitrogens with one attached hydrogen (secondary N) is 1. The van der Waals surface area contributed by atoms with E-state index in [4.69, 9.17) is 0 Å². The summed E-state index contributed by atoms with van der Waals surface area (Å²) in [5.41, 5.74) is 6.79. The van der Waals surface area contributed by atoms with Gasteiger partial charge in [-0.25, -0.2) is 4.39 Å². The summed E-state index contributed by atoms with van der Waals surface area (Å²) in [6.45, 7) is 12.1. The topological polar surface area (TPSA) is 32.3 Å². The summed E-state index contributed by atoms with van der Waals surface area (Å²) in [4.78, 5) is 14.8. The number of anilines is 2. The van der Waals surface area contributed by atoms with Crippen molar-refractivity contribution in [1.29, 1.82) is 0 Å². The summed E-state index contributed by atoms with van der Waals surface area (Å²) in [5, 5.41) is 3.14. The molecule has 1 aliphatic heterocycles. The highest BCUT2D eigenvalue weighted by Crippen LogP contribution is 2.38. The van der Waals surface area contributed by atoms with Gasteiger partial charge in [0.1, 0.15) is 5.82 Å². The molecule has 27 heavy (non-hydrogen) atoms. The molecule has 2 aromatic carbocycles. The van der Waals surface area contributed by atoms with Gasteiger partial charge in [0, 0.05) is 30.9 Å². The van der Waals surface area contributed by atoms with Crippen LogP contribution in [0.1, 0.15) is 49.4 Å². The van der Waals surface area contributed by atoms with Gasteiger partial charge in [-0.2, -0.15) is 0 Å². The molecule has 0 saturated carbocycles. The van der Waals surface area contributed by atoms with Crippen LogP contribution in [0.25, 0.3) is 0 Å². The number of rotatable bonds is 4. The molecular formula is C23H29FN2O. The van der Waals surface area contributed by atoms with Crippen molar-refractivity contribution in [3.63, 3.8) is 0 Å². The fourth-order valence-electron chi connectivity index (χ4n) is 3.80. The van der Waals surface area contributed by atoms with E-state index in [1.807, 2.05) is 19.1 Å². The molecule has 1 heterocycles. The minimum absolute atomic E-state index is 0.0332. The Morgan fingerprint density at radius 3 is 2.48 bits per heavy atom. The first-order valence-corrected chi connectivity index (χ1v) is 9.56. The van der Waals surface area contributed by atoms with Gasteiger partial charge in [0.2, 0.25) is 5.91 Å². The fraction of sp³-hybridized carbons (Fsp3) is 0.435. The minimum Gasteiger partial charge on any atom is -0.367 e. The van der Waals surface area contributed by atoms with Gasteiger partial charge in [-0.1, -0.05) is 32.9 Å². The molecule has 3 rings (SSSR count). The van der Waals surface area contributed by atoms with E-state index < -0.39 is 0 Å². The molecule has 2 aromatic rings. The number of hydrogen-bond acceptors (Lipinski definition) is 2. The molecule has 0 atom stereocenters. The molecule has 3 nitrogen and oxygen atoms in total. The summed E-state index contributed by atoms with van der Waals surface area (Å²) < 4.78 is 13.1. The number of hydrogen-bond donors (Lipinski definition) is 1. The largest absolute Gasteiger partial charge is 0.367 e. The molecule has 4 heteroatoms. The maximum atomic E-state index is 13.1. The van der Waals surface area contributed by atoms with E-state index in [1.165, 1.54) is 23.4 Å². The van der Waals surface area contributed by atoms with Crippen molar-refractivity contribution in [3.8, 4) is 0 Å². The zero-order valence-corrected chi connectivity index (χ0v) is 16.9. The van der Waals surface area contributed by atoms with Crippen LogP contribution < -0.4 is 10.2 Å². The molecular weight excluding hydrogens is 339 g/mol. The molecule has 0 aromatic heterocycles. The van der Waals surface area contributed by atoms with E-state index in [2.05, 4.69) is 44.0 Å². The number of benzene rings is 2. The average molecular weight is 368 g/mol. The maximum Gasteiger partial charge on any atom is 0.224 e. The molecule has 144 valence electrons. The van der Waals surface area contributed by atoms with Crippen LogP contribution in [0.4, 0.5) is 15.8 Å². The van der Waals surface area contributed by atoms with Gasteiger partial charge in [0.25, 0.3) is 0 Å². The summed E-state index contributed by atoms with van der Waals surface area (Å²) in [7, 11) is 0. The van der Waals surface area contributed by atoms with Crippen molar-refractivity contribution >= 4 is 17.3 Å². The summed E-state index contributed by atoms with van der Waals surface area (Å²) in [6, 6.07) is 8.88. The van der Waals surface area contributed by atoms with Crippen LogP contribution >= 0.6 is 0 Å². The maximum absolute atomic E-state index is 13.1. The second-order valence-electron chi connectivity index (χ2n) is 8.77. The Hall–Kier alpha value is -2.36. The monoisotopic (exact) mass is 368 g/mol. The molecule has 1 N–H and O–H groups in total. The molecule has 0 radical (unpaired) electrons. The molecule has 1 amide bonds. The number of fused-ring (bicyclic) bond motifs is 1.